The third-order valence-corrected chi connectivity index (χ3v) is 5.79. The van der Waals surface area contributed by atoms with E-state index in [2.05, 4.69) is 20.4 Å². The predicted molar refractivity (Wildman–Crippen MR) is 119 cm³/mol. The molecule has 33 heavy (non-hydrogen) atoms. The molecule has 1 saturated heterocycles. The first-order valence-electron chi connectivity index (χ1n) is 10.5. The zero-order valence-electron chi connectivity index (χ0n) is 18.4. The summed E-state index contributed by atoms with van der Waals surface area (Å²) in [6.07, 6.45) is 3.74. The summed E-state index contributed by atoms with van der Waals surface area (Å²) >= 11 is 0. The van der Waals surface area contributed by atoms with Crippen LogP contribution in [0.1, 0.15) is 40.0 Å². The van der Waals surface area contributed by atoms with Crippen molar-refractivity contribution in [2.24, 2.45) is 0 Å². The van der Waals surface area contributed by atoms with E-state index >= 15 is 0 Å². The molecule has 168 valence electrons. The quantitative estimate of drug-likeness (QED) is 0.507. The van der Waals surface area contributed by atoms with Crippen molar-refractivity contribution in [3.05, 3.63) is 65.4 Å². The molecule has 2 amide bonds. The number of fused-ring (bicyclic) bond motifs is 1. The van der Waals surface area contributed by atoms with Crippen molar-refractivity contribution in [1.82, 2.24) is 24.4 Å². The van der Waals surface area contributed by atoms with Crippen LogP contribution >= 0.6 is 0 Å². The lowest BCUT2D eigenvalue weighted by Crippen LogP contribution is -2.45. The zero-order valence-corrected chi connectivity index (χ0v) is 18.4. The monoisotopic (exact) mass is 446 g/mol. The number of aryl methyl sites for hydroxylation is 2. The maximum Gasteiger partial charge on any atom is 0.410 e. The Bertz CT molecular complexity index is 1370. The maximum absolute atomic E-state index is 13.0. The normalized spacial score (nSPS) is 15.4. The number of ether oxygens (including phenoxy) is 1. The van der Waals surface area contributed by atoms with E-state index in [0.717, 1.165) is 17.5 Å². The Morgan fingerprint density at radius 1 is 1.21 bits per heavy atom. The standard InChI is InChI=1S/C23H22N6O4/c1-13-4-7-19-24-11-18(29(19)12-13)21(30)25-16-10-15(6-5-14(16)2)20-26-22(33-27-20)17-8-9-28(17)23(31)32-3/h4-7,10-12,17H,8-9H2,1-3H3,(H,25,30)/t17-/m0/s1. The lowest BCUT2D eigenvalue weighted by molar-refractivity contribution is 0.0471. The molecule has 1 N–H and O–H groups in total. The van der Waals surface area contributed by atoms with Crippen molar-refractivity contribution in [1.29, 1.82) is 0 Å². The highest BCUT2D eigenvalue weighted by Gasteiger charge is 2.38. The summed E-state index contributed by atoms with van der Waals surface area (Å²) in [5.41, 5.74) is 4.37. The number of likely N-dealkylation sites (tertiary alicyclic amines) is 1. The van der Waals surface area contributed by atoms with Gasteiger partial charge in [-0.1, -0.05) is 23.4 Å². The van der Waals surface area contributed by atoms with Gasteiger partial charge in [0.25, 0.3) is 5.91 Å². The average molecular weight is 446 g/mol. The van der Waals surface area contributed by atoms with E-state index in [9.17, 15) is 9.59 Å². The largest absolute Gasteiger partial charge is 0.453 e. The van der Waals surface area contributed by atoms with E-state index in [0.29, 0.717) is 40.9 Å². The molecule has 1 aromatic carbocycles. The number of rotatable bonds is 4. The lowest BCUT2D eigenvalue weighted by atomic mass is 10.0. The molecule has 1 aliphatic rings. The third-order valence-electron chi connectivity index (χ3n) is 5.79. The number of carbonyl (C=O) groups is 2. The molecule has 0 aliphatic carbocycles. The fourth-order valence-electron chi connectivity index (χ4n) is 3.80. The van der Waals surface area contributed by atoms with Crippen LogP contribution < -0.4 is 5.32 Å². The van der Waals surface area contributed by atoms with Crippen LogP contribution in [0.5, 0.6) is 0 Å². The second kappa shape index (κ2) is 8.05. The van der Waals surface area contributed by atoms with Gasteiger partial charge in [0.05, 0.1) is 13.3 Å². The molecule has 0 spiro atoms. The minimum Gasteiger partial charge on any atom is -0.453 e. The van der Waals surface area contributed by atoms with Gasteiger partial charge in [0.1, 0.15) is 17.4 Å². The van der Waals surface area contributed by atoms with Gasteiger partial charge in [-0.3, -0.25) is 14.1 Å². The number of nitrogens with zero attached hydrogens (tertiary/aromatic N) is 5. The summed E-state index contributed by atoms with van der Waals surface area (Å²) in [5, 5.41) is 7.03. The molecule has 10 heteroatoms. The van der Waals surface area contributed by atoms with Gasteiger partial charge in [0.2, 0.25) is 11.7 Å². The number of nitrogens with one attached hydrogen (secondary N) is 1. The van der Waals surface area contributed by atoms with E-state index in [1.165, 1.54) is 12.0 Å². The third kappa shape index (κ3) is 3.69. The summed E-state index contributed by atoms with van der Waals surface area (Å²) in [5.74, 6) is 0.460. The first kappa shape index (κ1) is 20.7. The Balaban J connectivity index is 1.39. The first-order valence-corrected chi connectivity index (χ1v) is 10.5. The molecule has 3 aromatic heterocycles. The minimum atomic E-state index is -0.422. The molecule has 0 bridgehead atoms. The van der Waals surface area contributed by atoms with E-state index in [1.807, 2.05) is 44.3 Å². The van der Waals surface area contributed by atoms with E-state index < -0.39 is 6.09 Å². The number of imidazole rings is 1. The van der Waals surface area contributed by atoms with Crippen molar-refractivity contribution in [2.45, 2.75) is 26.3 Å². The number of benzene rings is 1. The van der Waals surface area contributed by atoms with Crippen LogP contribution in [0.3, 0.4) is 0 Å². The molecule has 0 unspecified atom stereocenters. The Kier molecular flexibility index (Phi) is 5.04. The number of hydrogen-bond acceptors (Lipinski definition) is 7. The molecular formula is C23H22N6O4. The summed E-state index contributed by atoms with van der Waals surface area (Å²) < 4.78 is 12.0. The van der Waals surface area contributed by atoms with Crippen molar-refractivity contribution >= 4 is 23.3 Å². The molecule has 1 atom stereocenters. The fraction of sp³-hybridized carbons (Fsp3) is 0.261. The number of methoxy groups -OCH3 is 1. The van der Waals surface area contributed by atoms with Gasteiger partial charge in [0.15, 0.2) is 0 Å². The van der Waals surface area contributed by atoms with Gasteiger partial charge in [-0.15, -0.1) is 0 Å². The molecule has 0 radical (unpaired) electrons. The van der Waals surface area contributed by atoms with Crippen LogP contribution in [-0.2, 0) is 4.74 Å². The molecule has 4 aromatic rings. The number of aromatic nitrogens is 4. The maximum atomic E-state index is 13.0. The number of amides is 2. The van der Waals surface area contributed by atoms with Crippen LogP contribution in [0.4, 0.5) is 10.5 Å². The van der Waals surface area contributed by atoms with Crippen molar-refractivity contribution in [3.8, 4) is 11.4 Å². The van der Waals surface area contributed by atoms with Gasteiger partial charge in [-0.05, 0) is 43.5 Å². The van der Waals surface area contributed by atoms with E-state index in [-0.39, 0.29) is 11.9 Å². The van der Waals surface area contributed by atoms with Gasteiger partial charge in [-0.2, -0.15) is 4.98 Å². The van der Waals surface area contributed by atoms with Crippen LogP contribution in [0.2, 0.25) is 0 Å². The summed E-state index contributed by atoms with van der Waals surface area (Å²) in [6.45, 7) is 4.45. The van der Waals surface area contributed by atoms with Crippen LogP contribution in [0, 0.1) is 13.8 Å². The van der Waals surface area contributed by atoms with Crippen molar-refractivity contribution in [2.75, 3.05) is 19.0 Å². The molecular weight excluding hydrogens is 424 g/mol. The Morgan fingerprint density at radius 2 is 2.06 bits per heavy atom. The molecule has 0 saturated carbocycles. The van der Waals surface area contributed by atoms with Gasteiger partial charge >= 0.3 is 6.09 Å². The SMILES string of the molecule is COC(=O)N1CC[C@H]1c1nc(-c2ccc(C)c(NC(=O)c3cnc4ccc(C)cn34)c2)no1. The summed E-state index contributed by atoms with van der Waals surface area (Å²) in [4.78, 5) is 35.1. The number of carbonyl (C=O) groups excluding carboxylic acids is 2. The van der Waals surface area contributed by atoms with Crippen molar-refractivity contribution in [3.63, 3.8) is 0 Å². The molecule has 10 nitrogen and oxygen atoms in total. The van der Waals surface area contributed by atoms with E-state index in [1.54, 1.807) is 16.7 Å². The molecule has 4 heterocycles. The second-order valence-electron chi connectivity index (χ2n) is 7.99. The highest BCUT2D eigenvalue weighted by molar-refractivity contribution is 6.04. The first-order chi connectivity index (χ1) is 15.9. The Hall–Kier alpha value is -4.21. The second-order valence-corrected chi connectivity index (χ2v) is 7.99. The number of anilines is 1. The Morgan fingerprint density at radius 3 is 2.82 bits per heavy atom. The molecule has 5 rings (SSSR count). The summed E-state index contributed by atoms with van der Waals surface area (Å²) in [6, 6.07) is 9.07. The smallest absolute Gasteiger partial charge is 0.410 e. The van der Waals surface area contributed by atoms with Crippen molar-refractivity contribution < 1.29 is 18.8 Å². The highest BCUT2D eigenvalue weighted by atomic mass is 16.5. The lowest BCUT2D eigenvalue weighted by Gasteiger charge is -2.36. The molecule has 1 aliphatic heterocycles. The highest BCUT2D eigenvalue weighted by Crippen LogP contribution is 2.34. The fourth-order valence-corrected chi connectivity index (χ4v) is 3.80. The summed E-state index contributed by atoms with van der Waals surface area (Å²) in [7, 11) is 1.34. The topological polar surface area (TPSA) is 115 Å². The average Bonchev–Trinajstić information content (AvgIpc) is 3.41. The Labute approximate surface area is 189 Å². The van der Waals surface area contributed by atoms with Crippen LogP contribution in [-0.4, -0.2) is 50.1 Å². The predicted octanol–water partition coefficient (Wildman–Crippen LogP) is 3.77. The number of hydrogen-bond donors (Lipinski definition) is 1. The van der Waals surface area contributed by atoms with Crippen LogP contribution in [0.25, 0.3) is 17.0 Å². The zero-order chi connectivity index (χ0) is 23.1. The van der Waals surface area contributed by atoms with Gasteiger partial charge < -0.3 is 14.6 Å². The van der Waals surface area contributed by atoms with Crippen LogP contribution in [0.15, 0.2) is 47.2 Å². The minimum absolute atomic E-state index is 0.273. The van der Waals surface area contributed by atoms with Gasteiger partial charge in [-0.25, -0.2) is 9.78 Å². The van der Waals surface area contributed by atoms with Gasteiger partial charge in [0, 0.05) is 24.0 Å². The van der Waals surface area contributed by atoms with E-state index in [4.69, 9.17) is 9.26 Å². The number of pyridine rings is 1. The molecule has 1 fully saturated rings.